The van der Waals surface area contributed by atoms with Crippen molar-refractivity contribution < 1.29 is 13.2 Å². The van der Waals surface area contributed by atoms with Crippen molar-refractivity contribution in [3.63, 3.8) is 0 Å². The number of benzene rings is 1. The molecule has 1 aliphatic rings. The lowest BCUT2D eigenvalue weighted by Crippen LogP contribution is -2.44. The van der Waals surface area contributed by atoms with Gasteiger partial charge in [-0.25, -0.2) is 14.6 Å². The number of hydrogen-bond donors (Lipinski definition) is 2. The van der Waals surface area contributed by atoms with Gasteiger partial charge in [0.25, 0.3) is 0 Å². The van der Waals surface area contributed by atoms with E-state index < -0.39 is 11.7 Å². The van der Waals surface area contributed by atoms with Gasteiger partial charge in [-0.15, -0.1) is 0 Å². The number of pyridine rings is 1. The third-order valence-corrected chi connectivity index (χ3v) is 6.39. The molecule has 11 nitrogen and oxygen atoms in total. The maximum atomic E-state index is 13.7. The topological polar surface area (TPSA) is 104 Å². The van der Waals surface area contributed by atoms with E-state index in [-0.39, 0.29) is 17.3 Å². The van der Waals surface area contributed by atoms with Crippen molar-refractivity contribution in [1.82, 2.24) is 39.0 Å². The summed E-state index contributed by atoms with van der Waals surface area (Å²) in [5, 5.41) is 10.2. The van der Waals surface area contributed by atoms with E-state index in [9.17, 15) is 13.2 Å². The zero-order valence-electron chi connectivity index (χ0n) is 20.8. The van der Waals surface area contributed by atoms with Crippen LogP contribution in [0, 0.1) is 0 Å². The molecule has 0 aliphatic carbocycles. The van der Waals surface area contributed by atoms with Gasteiger partial charge in [-0.05, 0) is 31.3 Å². The predicted octanol–water partition coefficient (Wildman–Crippen LogP) is 3.96. The van der Waals surface area contributed by atoms with Gasteiger partial charge in [0.15, 0.2) is 0 Å². The summed E-state index contributed by atoms with van der Waals surface area (Å²) in [7, 11) is 2.06. The number of hydrogen-bond acceptors (Lipinski definition) is 9. The van der Waals surface area contributed by atoms with Gasteiger partial charge in [-0.2, -0.15) is 28.2 Å². The van der Waals surface area contributed by atoms with Crippen LogP contribution in [0.3, 0.4) is 0 Å². The van der Waals surface area contributed by atoms with Gasteiger partial charge < -0.3 is 24.8 Å². The molecule has 1 fully saturated rings. The Bertz CT molecular complexity index is 1590. The molecule has 1 aliphatic heterocycles. The highest BCUT2D eigenvalue weighted by atomic mass is 19.4. The number of nitrogens with zero attached hydrogens (tertiary/aromatic N) is 9. The number of halogens is 3. The molecule has 0 saturated carbocycles. The fraction of sp³-hybridized carbons (Fsp3) is 0.240. The fourth-order valence-electron chi connectivity index (χ4n) is 4.34. The summed E-state index contributed by atoms with van der Waals surface area (Å²) in [5.74, 6) is 1.30. The van der Waals surface area contributed by atoms with Crippen LogP contribution < -0.4 is 15.5 Å². The second kappa shape index (κ2) is 9.87. The first-order chi connectivity index (χ1) is 18.8. The Morgan fingerprint density at radius 2 is 1.74 bits per heavy atom. The first kappa shape index (κ1) is 24.6. The lowest BCUT2D eigenvalue weighted by atomic mass is 10.1. The number of aromatic nitrogens is 7. The molecule has 4 aromatic heterocycles. The minimum Gasteiger partial charge on any atom is -0.354 e. The lowest BCUT2D eigenvalue weighted by molar-refractivity contribution is -0.137. The maximum Gasteiger partial charge on any atom is 0.416 e. The van der Waals surface area contributed by atoms with Crippen molar-refractivity contribution >= 4 is 34.6 Å². The minimum absolute atomic E-state index is 0.152. The van der Waals surface area contributed by atoms with E-state index in [1.54, 1.807) is 6.20 Å². The summed E-state index contributed by atoms with van der Waals surface area (Å²) in [6.07, 6.45) is 3.46. The molecule has 0 bridgehead atoms. The maximum absolute atomic E-state index is 13.7. The summed E-state index contributed by atoms with van der Waals surface area (Å²) < 4.78 is 44.3. The fourth-order valence-corrected chi connectivity index (χ4v) is 4.34. The highest BCUT2D eigenvalue weighted by molar-refractivity contribution is 5.67. The Labute approximate surface area is 221 Å². The van der Waals surface area contributed by atoms with Crippen molar-refractivity contribution in [3.05, 3.63) is 73.2 Å². The van der Waals surface area contributed by atoms with Gasteiger partial charge in [0.2, 0.25) is 5.95 Å². The molecule has 2 N–H and O–H groups in total. The average Bonchev–Trinajstić information content (AvgIpc) is 3.61. The molecule has 6 rings (SSSR count). The van der Waals surface area contributed by atoms with Crippen LogP contribution in [0.4, 0.5) is 42.1 Å². The molecule has 14 heteroatoms. The smallest absolute Gasteiger partial charge is 0.354 e. The summed E-state index contributed by atoms with van der Waals surface area (Å²) in [6.45, 7) is 3.24. The van der Waals surface area contributed by atoms with E-state index in [0.717, 1.165) is 49.6 Å². The molecule has 0 atom stereocenters. The largest absolute Gasteiger partial charge is 0.416 e. The standard InChI is InChI=1S/C25H24F3N11/c1-36-6-8-38(9-7-36)23-14-21(32-18-2-4-37-5-3-30-22(37)13-18)34-24(35-23)33-19-10-17(25(26,27)28)11-20(12-19)39-16-29-15-31-39/h2-5,10-16H,6-9H2,1H3,(H2,32,33,34,35). The molecule has 5 aromatic rings. The highest BCUT2D eigenvalue weighted by Gasteiger charge is 2.31. The van der Waals surface area contributed by atoms with Gasteiger partial charge in [-0.3, -0.25) is 0 Å². The van der Waals surface area contributed by atoms with E-state index in [1.165, 1.54) is 23.4 Å². The lowest BCUT2D eigenvalue weighted by Gasteiger charge is -2.33. The number of likely N-dealkylation sites (N-methyl/N-ethyl adjacent to an activating group) is 1. The Balaban J connectivity index is 1.37. The molecule has 5 heterocycles. The second-order valence-corrected chi connectivity index (χ2v) is 9.19. The highest BCUT2D eigenvalue weighted by Crippen LogP contribution is 2.34. The summed E-state index contributed by atoms with van der Waals surface area (Å²) in [4.78, 5) is 21.7. The number of nitrogens with one attached hydrogen (secondary N) is 2. The monoisotopic (exact) mass is 535 g/mol. The third-order valence-electron chi connectivity index (χ3n) is 6.39. The van der Waals surface area contributed by atoms with Crippen LogP contribution in [-0.4, -0.2) is 72.2 Å². The Hall–Kier alpha value is -4.72. The normalized spacial score (nSPS) is 14.6. The van der Waals surface area contributed by atoms with Gasteiger partial charge in [0.05, 0.1) is 11.3 Å². The number of fused-ring (bicyclic) bond motifs is 1. The van der Waals surface area contributed by atoms with Crippen LogP contribution in [0.1, 0.15) is 5.56 Å². The van der Waals surface area contributed by atoms with Gasteiger partial charge in [-0.1, -0.05) is 0 Å². The average molecular weight is 536 g/mol. The van der Waals surface area contributed by atoms with Gasteiger partial charge in [0, 0.05) is 68.3 Å². The Kier molecular flexibility index (Phi) is 6.23. The number of imidazole rings is 1. The Morgan fingerprint density at radius 3 is 2.51 bits per heavy atom. The van der Waals surface area contributed by atoms with Crippen LogP contribution in [0.25, 0.3) is 11.3 Å². The zero-order valence-corrected chi connectivity index (χ0v) is 20.8. The molecule has 0 amide bonds. The number of anilines is 5. The first-order valence-electron chi connectivity index (χ1n) is 12.2. The molecule has 39 heavy (non-hydrogen) atoms. The van der Waals surface area contributed by atoms with Gasteiger partial charge >= 0.3 is 6.18 Å². The molecule has 0 radical (unpaired) electrons. The molecule has 1 saturated heterocycles. The molecule has 200 valence electrons. The van der Waals surface area contributed by atoms with Crippen molar-refractivity contribution in [1.29, 1.82) is 0 Å². The first-order valence-corrected chi connectivity index (χ1v) is 12.2. The number of alkyl halides is 3. The quantitative estimate of drug-likeness (QED) is 0.334. The SMILES string of the molecule is CN1CCN(c2cc(Nc3ccn4ccnc4c3)nc(Nc3cc(-n4cncn4)cc(C(F)(F)F)c3)n2)CC1. The minimum atomic E-state index is -4.56. The van der Waals surface area contributed by atoms with Crippen molar-refractivity contribution in [2.24, 2.45) is 0 Å². The van der Waals surface area contributed by atoms with Crippen LogP contribution in [0.2, 0.25) is 0 Å². The molecular weight excluding hydrogens is 511 g/mol. The van der Waals surface area contributed by atoms with E-state index in [1.807, 2.05) is 35.0 Å². The van der Waals surface area contributed by atoms with Crippen LogP contribution in [0.5, 0.6) is 0 Å². The third kappa shape index (κ3) is 5.45. The van der Waals surface area contributed by atoms with E-state index in [4.69, 9.17) is 0 Å². The molecule has 1 aromatic carbocycles. The van der Waals surface area contributed by atoms with Crippen molar-refractivity contribution in [3.8, 4) is 5.69 Å². The van der Waals surface area contributed by atoms with Crippen molar-refractivity contribution in [2.45, 2.75) is 6.18 Å². The summed E-state index contributed by atoms with van der Waals surface area (Å²) >= 11 is 0. The second-order valence-electron chi connectivity index (χ2n) is 9.19. The summed E-state index contributed by atoms with van der Waals surface area (Å²) in [5.41, 5.74) is 1.05. The van der Waals surface area contributed by atoms with E-state index >= 15 is 0 Å². The predicted molar refractivity (Wildman–Crippen MR) is 140 cm³/mol. The molecular formula is C25H24F3N11. The molecule has 0 spiro atoms. The van der Waals surface area contributed by atoms with Crippen LogP contribution in [0.15, 0.2) is 67.6 Å². The Morgan fingerprint density at radius 1 is 0.897 bits per heavy atom. The van der Waals surface area contributed by atoms with Crippen LogP contribution in [-0.2, 0) is 6.18 Å². The van der Waals surface area contributed by atoms with Crippen molar-refractivity contribution in [2.75, 3.05) is 48.8 Å². The summed E-state index contributed by atoms with van der Waals surface area (Å²) in [6, 6.07) is 9.17. The van der Waals surface area contributed by atoms with E-state index in [2.05, 4.69) is 52.5 Å². The number of piperazine rings is 1. The van der Waals surface area contributed by atoms with Crippen LogP contribution >= 0.6 is 0 Å². The molecule has 0 unspecified atom stereocenters. The van der Waals surface area contributed by atoms with E-state index in [0.29, 0.717) is 11.6 Å². The zero-order chi connectivity index (χ0) is 27.0. The number of rotatable bonds is 6. The van der Waals surface area contributed by atoms with Gasteiger partial charge in [0.1, 0.15) is 29.9 Å².